The SMILES string of the molecule is CCCCCCCCc1ccc(OC(=O)C2CCC(C(=O)Oc3ccc(CCCCCC)cc3)CC2)cc1.Cc1ccc(OC(=O)C2CCC(C(=O)Oc3ccc(C)cc3)CC2)cc1.[HH].[HH]. The number of carbonyl (C=O) groups is 4. The summed E-state index contributed by atoms with van der Waals surface area (Å²) in [6, 6.07) is 30.7. The third-order valence-corrected chi connectivity index (χ3v) is 12.7. The molecule has 0 radical (unpaired) electrons. The van der Waals surface area contributed by atoms with Crippen LogP contribution in [0.25, 0.3) is 0 Å². The van der Waals surface area contributed by atoms with Gasteiger partial charge in [0.05, 0.1) is 23.7 Å². The molecule has 2 aliphatic rings. The molecule has 0 heterocycles. The Morgan fingerprint density at radius 3 is 0.891 bits per heavy atom. The summed E-state index contributed by atoms with van der Waals surface area (Å²) in [6.07, 6.45) is 20.1. The molecule has 0 atom stereocenters. The summed E-state index contributed by atoms with van der Waals surface area (Å²) >= 11 is 0. The molecule has 2 saturated carbocycles. The zero-order chi connectivity index (χ0) is 45.5. The van der Waals surface area contributed by atoms with Gasteiger partial charge in [-0.15, -0.1) is 0 Å². The first-order chi connectivity index (χ1) is 31.1. The number of carbonyl (C=O) groups excluding carboxylic acids is 4. The molecule has 8 nitrogen and oxygen atoms in total. The van der Waals surface area contributed by atoms with E-state index in [1.165, 1.54) is 75.3 Å². The second-order valence-corrected chi connectivity index (χ2v) is 18.0. The van der Waals surface area contributed by atoms with Crippen LogP contribution in [-0.2, 0) is 32.0 Å². The van der Waals surface area contributed by atoms with Crippen molar-refractivity contribution >= 4 is 23.9 Å². The molecule has 0 aromatic heterocycles. The molecule has 4 aromatic carbocycles. The van der Waals surface area contributed by atoms with Crippen molar-refractivity contribution in [3.05, 3.63) is 119 Å². The second-order valence-electron chi connectivity index (χ2n) is 18.0. The van der Waals surface area contributed by atoms with E-state index in [0.717, 1.165) is 24.0 Å². The summed E-state index contributed by atoms with van der Waals surface area (Å²) in [6.45, 7) is 8.44. The van der Waals surface area contributed by atoms with Crippen LogP contribution in [0.1, 0.15) is 155 Å². The van der Waals surface area contributed by atoms with Crippen molar-refractivity contribution in [3.8, 4) is 23.0 Å². The number of hydrogen-bond acceptors (Lipinski definition) is 8. The topological polar surface area (TPSA) is 105 Å². The van der Waals surface area contributed by atoms with Crippen LogP contribution < -0.4 is 18.9 Å². The van der Waals surface area contributed by atoms with Crippen LogP contribution in [0.15, 0.2) is 97.1 Å². The van der Waals surface area contributed by atoms with Gasteiger partial charge in [-0.2, -0.15) is 0 Å². The van der Waals surface area contributed by atoms with E-state index in [4.69, 9.17) is 18.9 Å². The molecular weight excluding hydrogens is 801 g/mol. The van der Waals surface area contributed by atoms with E-state index >= 15 is 0 Å². The van der Waals surface area contributed by atoms with Gasteiger partial charge < -0.3 is 18.9 Å². The number of benzene rings is 4. The predicted molar refractivity (Wildman–Crippen MR) is 258 cm³/mol. The third kappa shape index (κ3) is 17.4. The lowest BCUT2D eigenvalue weighted by atomic mass is 9.82. The lowest BCUT2D eigenvalue weighted by molar-refractivity contribution is -0.145. The minimum Gasteiger partial charge on any atom is -0.426 e. The number of esters is 4. The van der Waals surface area contributed by atoms with Gasteiger partial charge in [0.15, 0.2) is 0 Å². The van der Waals surface area contributed by atoms with Gasteiger partial charge in [0.1, 0.15) is 23.0 Å². The van der Waals surface area contributed by atoms with E-state index in [1.807, 2.05) is 62.4 Å². The standard InChI is InChI=1S/C34H48O4.C22H24O4.2H2/c1-3-5-7-9-10-12-14-28-17-25-32(26-18-28)38-34(36)30-21-19-29(20-22-30)33(35)37-31-23-15-27(16-24-31)13-11-8-6-4-2;1-15-3-11-19(12-4-15)25-21(23)17-7-9-18(10-8-17)22(24)26-20-13-5-16(2)6-14-20;;/h15-18,23-26,29-30H,3-14,19-22H2,1-2H3;3-6,11-14,17-18H,7-10H2,1-2H3;2*1H. The van der Waals surface area contributed by atoms with Gasteiger partial charge in [-0.1, -0.05) is 125 Å². The lowest BCUT2D eigenvalue weighted by Crippen LogP contribution is -2.30. The number of aryl methyl sites for hydroxylation is 4. The lowest BCUT2D eigenvalue weighted by Gasteiger charge is -2.25. The summed E-state index contributed by atoms with van der Waals surface area (Å²) in [5.74, 6) is 0.943. The normalized spacial score (nSPS) is 18.2. The van der Waals surface area contributed by atoms with Gasteiger partial charge in [-0.05, 0) is 151 Å². The van der Waals surface area contributed by atoms with E-state index in [2.05, 4.69) is 38.1 Å². The molecule has 0 aliphatic heterocycles. The Labute approximate surface area is 385 Å². The molecule has 6 rings (SSSR count). The fourth-order valence-corrected chi connectivity index (χ4v) is 8.45. The fourth-order valence-electron chi connectivity index (χ4n) is 8.45. The van der Waals surface area contributed by atoms with Gasteiger partial charge in [-0.3, -0.25) is 19.2 Å². The molecule has 8 heteroatoms. The summed E-state index contributed by atoms with van der Waals surface area (Å²) in [7, 11) is 0. The fraction of sp³-hybridized carbons (Fsp3) is 0.500. The average Bonchev–Trinajstić information content (AvgIpc) is 3.32. The van der Waals surface area contributed by atoms with Crippen molar-refractivity contribution in [1.29, 1.82) is 0 Å². The maximum atomic E-state index is 12.7. The van der Waals surface area contributed by atoms with Crippen LogP contribution in [0.5, 0.6) is 23.0 Å². The Balaban J connectivity index is 0.000000362. The van der Waals surface area contributed by atoms with Crippen LogP contribution in [0.2, 0.25) is 0 Å². The molecule has 0 bridgehead atoms. The van der Waals surface area contributed by atoms with Gasteiger partial charge >= 0.3 is 23.9 Å². The molecule has 0 N–H and O–H groups in total. The Kier molecular flexibility index (Phi) is 21.1. The van der Waals surface area contributed by atoms with Gasteiger partial charge in [0.2, 0.25) is 0 Å². The number of unbranched alkanes of at least 4 members (excludes halogenated alkanes) is 8. The maximum Gasteiger partial charge on any atom is 0.314 e. The molecule has 2 aliphatic carbocycles. The van der Waals surface area contributed by atoms with Crippen LogP contribution in [0.3, 0.4) is 0 Å². The van der Waals surface area contributed by atoms with E-state index in [0.29, 0.717) is 74.4 Å². The van der Waals surface area contributed by atoms with Crippen LogP contribution >= 0.6 is 0 Å². The molecule has 0 unspecified atom stereocenters. The molecule has 64 heavy (non-hydrogen) atoms. The van der Waals surface area contributed by atoms with E-state index in [1.54, 1.807) is 24.3 Å². The van der Waals surface area contributed by atoms with E-state index in [9.17, 15) is 19.2 Å². The van der Waals surface area contributed by atoms with Crippen molar-refractivity contribution in [3.63, 3.8) is 0 Å². The molecular formula is C56H76O8. The molecule has 0 spiro atoms. The third-order valence-electron chi connectivity index (χ3n) is 12.7. The maximum absolute atomic E-state index is 12.7. The van der Waals surface area contributed by atoms with E-state index in [-0.39, 0.29) is 50.4 Å². The first kappa shape index (κ1) is 49.8. The van der Waals surface area contributed by atoms with Crippen LogP contribution in [0, 0.1) is 37.5 Å². The van der Waals surface area contributed by atoms with Gasteiger partial charge in [-0.25, -0.2) is 0 Å². The minimum absolute atomic E-state index is 0. The van der Waals surface area contributed by atoms with Gasteiger partial charge in [0, 0.05) is 2.85 Å². The highest BCUT2D eigenvalue weighted by molar-refractivity contribution is 5.79. The molecule has 0 amide bonds. The number of ether oxygens (including phenoxy) is 4. The molecule has 0 saturated heterocycles. The predicted octanol–water partition coefficient (Wildman–Crippen LogP) is 14.1. The highest BCUT2D eigenvalue weighted by Crippen LogP contribution is 2.33. The zero-order valence-electron chi connectivity index (χ0n) is 39.0. The van der Waals surface area contributed by atoms with Crippen LogP contribution in [0.4, 0.5) is 0 Å². The largest absolute Gasteiger partial charge is 0.426 e. The summed E-state index contributed by atoms with van der Waals surface area (Å²) in [5, 5.41) is 0. The first-order valence-corrected chi connectivity index (χ1v) is 24.3. The van der Waals surface area contributed by atoms with Crippen molar-refractivity contribution in [2.45, 2.75) is 156 Å². The number of rotatable bonds is 20. The van der Waals surface area contributed by atoms with Crippen molar-refractivity contribution < 1.29 is 41.0 Å². The van der Waals surface area contributed by atoms with Crippen molar-refractivity contribution in [2.24, 2.45) is 23.7 Å². The monoisotopic (exact) mass is 877 g/mol. The molecule has 2 fully saturated rings. The van der Waals surface area contributed by atoms with Crippen molar-refractivity contribution in [2.75, 3.05) is 0 Å². The van der Waals surface area contributed by atoms with Gasteiger partial charge in [0.25, 0.3) is 0 Å². The second kappa shape index (κ2) is 27.2. The summed E-state index contributed by atoms with van der Waals surface area (Å²) < 4.78 is 22.2. The Bertz CT molecular complexity index is 1930. The van der Waals surface area contributed by atoms with Crippen LogP contribution in [-0.4, -0.2) is 23.9 Å². The first-order valence-electron chi connectivity index (χ1n) is 24.3. The summed E-state index contributed by atoms with van der Waals surface area (Å²) in [4.78, 5) is 50.0. The van der Waals surface area contributed by atoms with E-state index < -0.39 is 0 Å². The Morgan fingerprint density at radius 1 is 0.375 bits per heavy atom. The number of hydrogen-bond donors (Lipinski definition) is 0. The average molecular weight is 877 g/mol. The smallest absolute Gasteiger partial charge is 0.314 e. The van der Waals surface area contributed by atoms with Crippen molar-refractivity contribution in [1.82, 2.24) is 0 Å². The Morgan fingerprint density at radius 2 is 0.609 bits per heavy atom. The Hall–Kier alpha value is -5.24. The minimum atomic E-state index is -0.209. The molecule has 348 valence electrons. The highest BCUT2D eigenvalue weighted by Gasteiger charge is 2.33. The highest BCUT2D eigenvalue weighted by atomic mass is 16.5. The zero-order valence-corrected chi connectivity index (χ0v) is 39.0. The quantitative estimate of drug-likeness (QED) is 0.0491. The molecule has 4 aromatic rings. The summed E-state index contributed by atoms with van der Waals surface area (Å²) in [5.41, 5.74) is 4.82.